The zero-order valence-corrected chi connectivity index (χ0v) is 15.9. The van der Waals surface area contributed by atoms with E-state index >= 15 is 0 Å². The monoisotopic (exact) mass is 400 g/mol. The molecule has 0 radical (unpaired) electrons. The molecule has 1 aromatic carbocycles. The van der Waals surface area contributed by atoms with Crippen LogP contribution in [0.4, 0.5) is 24.8 Å². The van der Waals surface area contributed by atoms with Gasteiger partial charge < -0.3 is 10.6 Å². The summed E-state index contributed by atoms with van der Waals surface area (Å²) in [7, 11) is 1.84. The Morgan fingerprint density at radius 2 is 1.89 bits per heavy atom. The fourth-order valence-electron chi connectivity index (χ4n) is 3.01. The number of hydrogen-bond acceptors (Lipinski definition) is 6. The lowest BCUT2D eigenvalue weighted by atomic mass is 10.1. The van der Waals surface area contributed by atoms with E-state index in [4.69, 9.17) is 5.73 Å². The van der Waals surface area contributed by atoms with Gasteiger partial charge >= 0.3 is 6.18 Å². The minimum Gasteiger partial charge on any atom is -0.369 e. The highest BCUT2D eigenvalue weighted by Gasteiger charge is 2.31. The van der Waals surface area contributed by atoms with Crippen molar-refractivity contribution < 1.29 is 13.2 Å². The maximum absolute atomic E-state index is 12.9. The summed E-state index contributed by atoms with van der Waals surface area (Å²) in [6.07, 6.45) is -3.30. The molecule has 148 valence electrons. The van der Waals surface area contributed by atoms with Crippen molar-refractivity contribution in [2.24, 2.45) is 7.05 Å². The Morgan fingerprint density at radius 1 is 1.15 bits per heavy atom. The molecule has 1 aliphatic rings. The number of aromatic nitrogens is 3. The second-order valence-corrected chi connectivity index (χ2v) is 7.54. The molecule has 6 nitrogen and oxygen atoms in total. The van der Waals surface area contributed by atoms with Crippen LogP contribution in [0.1, 0.15) is 12.0 Å². The van der Waals surface area contributed by atoms with Crippen molar-refractivity contribution in [2.75, 3.05) is 49.1 Å². The second-order valence-electron chi connectivity index (χ2n) is 6.48. The van der Waals surface area contributed by atoms with Crippen LogP contribution < -0.4 is 10.6 Å². The van der Waals surface area contributed by atoms with Gasteiger partial charge in [0.1, 0.15) is 0 Å². The number of piperazine rings is 1. The molecule has 2 N–H and O–H groups in total. The van der Waals surface area contributed by atoms with Gasteiger partial charge in [-0.2, -0.15) is 13.2 Å². The lowest BCUT2D eigenvalue weighted by Gasteiger charge is -2.36. The van der Waals surface area contributed by atoms with Crippen LogP contribution in [0.15, 0.2) is 29.4 Å². The summed E-state index contributed by atoms with van der Waals surface area (Å²) in [5.41, 5.74) is 5.70. The van der Waals surface area contributed by atoms with Crippen LogP contribution in [0, 0.1) is 0 Å². The van der Waals surface area contributed by atoms with Crippen LogP contribution in [0.3, 0.4) is 0 Å². The zero-order valence-electron chi connectivity index (χ0n) is 15.1. The Bertz CT molecular complexity index is 755. The quantitative estimate of drug-likeness (QED) is 0.594. The predicted molar refractivity (Wildman–Crippen MR) is 101 cm³/mol. The number of rotatable bonds is 6. The van der Waals surface area contributed by atoms with Gasteiger partial charge in [-0.1, -0.05) is 17.8 Å². The van der Waals surface area contributed by atoms with Crippen LogP contribution in [0.25, 0.3) is 0 Å². The molecule has 0 unspecified atom stereocenters. The number of hydrogen-bond donors (Lipinski definition) is 1. The average Bonchev–Trinajstić information content (AvgIpc) is 2.97. The first-order chi connectivity index (χ1) is 12.8. The van der Waals surface area contributed by atoms with E-state index in [1.165, 1.54) is 12.1 Å². The Labute approximate surface area is 160 Å². The normalized spacial score (nSPS) is 16.1. The third kappa shape index (κ3) is 5.07. The van der Waals surface area contributed by atoms with Crippen molar-refractivity contribution in [2.45, 2.75) is 17.8 Å². The van der Waals surface area contributed by atoms with Crippen molar-refractivity contribution in [1.29, 1.82) is 0 Å². The van der Waals surface area contributed by atoms with Crippen LogP contribution >= 0.6 is 11.8 Å². The van der Waals surface area contributed by atoms with E-state index in [0.717, 1.165) is 56.1 Å². The molecule has 0 saturated carbocycles. The van der Waals surface area contributed by atoms with Crippen molar-refractivity contribution in [1.82, 2.24) is 19.7 Å². The first-order valence-electron chi connectivity index (χ1n) is 8.77. The zero-order chi connectivity index (χ0) is 19.4. The highest BCUT2D eigenvalue weighted by molar-refractivity contribution is 7.99. The molecule has 0 atom stereocenters. The predicted octanol–water partition coefficient (Wildman–Crippen LogP) is 2.72. The number of alkyl halides is 3. The van der Waals surface area contributed by atoms with Crippen LogP contribution in [0.2, 0.25) is 0 Å². The summed E-state index contributed by atoms with van der Waals surface area (Å²) in [6, 6.07) is 5.57. The molecule has 1 saturated heterocycles. The number of nitrogen functional groups attached to an aromatic ring is 1. The van der Waals surface area contributed by atoms with E-state index in [0.29, 0.717) is 11.6 Å². The minimum absolute atomic E-state index is 0.406. The fraction of sp³-hybridized carbons (Fsp3) is 0.529. The summed E-state index contributed by atoms with van der Waals surface area (Å²) in [4.78, 5) is 4.36. The first-order valence-corrected chi connectivity index (χ1v) is 9.75. The third-order valence-corrected chi connectivity index (χ3v) is 5.74. The van der Waals surface area contributed by atoms with Gasteiger partial charge in [0.25, 0.3) is 0 Å². The van der Waals surface area contributed by atoms with E-state index in [1.807, 2.05) is 11.9 Å². The number of thioether (sulfide) groups is 1. The first kappa shape index (κ1) is 19.8. The van der Waals surface area contributed by atoms with Crippen LogP contribution in [0.5, 0.6) is 0 Å². The van der Waals surface area contributed by atoms with E-state index in [2.05, 4.69) is 15.1 Å². The fourth-order valence-corrected chi connectivity index (χ4v) is 3.85. The van der Waals surface area contributed by atoms with Gasteiger partial charge in [-0.05, 0) is 31.2 Å². The Kier molecular flexibility index (Phi) is 6.15. The van der Waals surface area contributed by atoms with Crippen LogP contribution in [-0.2, 0) is 13.2 Å². The highest BCUT2D eigenvalue weighted by Crippen LogP contribution is 2.31. The summed E-state index contributed by atoms with van der Waals surface area (Å²) < 4.78 is 40.4. The molecule has 2 aromatic rings. The van der Waals surface area contributed by atoms with Gasteiger partial charge in [0, 0.05) is 44.7 Å². The number of halogens is 3. The molecule has 0 aliphatic carbocycles. The maximum atomic E-state index is 12.9. The number of benzene rings is 1. The number of anilines is 2. The summed E-state index contributed by atoms with van der Waals surface area (Å²) in [5, 5.41) is 8.65. The number of nitrogens with zero attached hydrogens (tertiary/aromatic N) is 5. The van der Waals surface area contributed by atoms with E-state index in [-0.39, 0.29) is 0 Å². The maximum Gasteiger partial charge on any atom is 0.416 e. The van der Waals surface area contributed by atoms with Crippen molar-refractivity contribution in [3.05, 3.63) is 29.8 Å². The SMILES string of the molecule is Cn1c(N)nnc1SCCCN1CCN(c2cccc(C(F)(F)F)c2)CC1. The summed E-state index contributed by atoms with van der Waals surface area (Å²) in [6.45, 7) is 4.11. The van der Waals surface area contributed by atoms with Crippen LogP contribution in [-0.4, -0.2) is 58.1 Å². The Hall–Kier alpha value is -1.94. The lowest BCUT2D eigenvalue weighted by molar-refractivity contribution is -0.137. The van der Waals surface area contributed by atoms with E-state index in [9.17, 15) is 13.2 Å². The number of nitrogens with two attached hydrogens (primary N) is 1. The van der Waals surface area contributed by atoms with Crippen molar-refractivity contribution in [3.8, 4) is 0 Å². The Balaban J connectivity index is 1.42. The van der Waals surface area contributed by atoms with E-state index < -0.39 is 11.7 Å². The summed E-state index contributed by atoms with van der Waals surface area (Å²) in [5.74, 6) is 1.32. The second kappa shape index (κ2) is 8.39. The van der Waals surface area contributed by atoms with Gasteiger partial charge in [-0.15, -0.1) is 10.2 Å². The van der Waals surface area contributed by atoms with Gasteiger partial charge in [-0.25, -0.2) is 0 Å². The molecular formula is C17H23F3N6S. The molecule has 0 spiro atoms. The molecule has 1 fully saturated rings. The van der Waals surface area contributed by atoms with Gasteiger partial charge in [0.2, 0.25) is 5.95 Å². The molecule has 2 heterocycles. The molecule has 1 aliphatic heterocycles. The Morgan fingerprint density at radius 3 is 2.52 bits per heavy atom. The van der Waals surface area contributed by atoms with Crippen molar-refractivity contribution in [3.63, 3.8) is 0 Å². The van der Waals surface area contributed by atoms with E-state index in [1.54, 1.807) is 22.4 Å². The largest absolute Gasteiger partial charge is 0.416 e. The molecular weight excluding hydrogens is 377 g/mol. The molecule has 10 heteroatoms. The smallest absolute Gasteiger partial charge is 0.369 e. The molecule has 27 heavy (non-hydrogen) atoms. The summed E-state index contributed by atoms with van der Waals surface area (Å²) >= 11 is 1.62. The lowest BCUT2D eigenvalue weighted by Crippen LogP contribution is -2.46. The standard InChI is InChI=1S/C17H23F3N6S/c1-24-15(21)22-23-16(24)27-11-3-6-25-7-9-26(10-8-25)14-5-2-4-13(12-14)17(18,19)20/h2,4-5,12H,3,6-11H2,1H3,(H2,21,22). The van der Waals surface area contributed by atoms with Crippen molar-refractivity contribution >= 4 is 23.4 Å². The topological polar surface area (TPSA) is 63.2 Å². The molecule has 3 rings (SSSR count). The van der Waals surface area contributed by atoms with Gasteiger partial charge in [0.15, 0.2) is 5.16 Å². The molecule has 0 bridgehead atoms. The molecule has 1 aromatic heterocycles. The van der Waals surface area contributed by atoms with Gasteiger partial charge in [-0.3, -0.25) is 9.47 Å². The van der Waals surface area contributed by atoms with Gasteiger partial charge in [0.05, 0.1) is 5.56 Å². The third-order valence-electron chi connectivity index (χ3n) is 4.63. The highest BCUT2D eigenvalue weighted by atomic mass is 32.2. The average molecular weight is 400 g/mol. The molecule has 0 amide bonds. The minimum atomic E-state index is -4.30.